The maximum Gasteiger partial charge on any atom is 0.279 e. The summed E-state index contributed by atoms with van der Waals surface area (Å²) in [4.78, 5) is 4.56. The lowest BCUT2D eigenvalue weighted by Crippen LogP contribution is -2.53. The van der Waals surface area contributed by atoms with Crippen molar-refractivity contribution in [1.29, 1.82) is 0 Å². The summed E-state index contributed by atoms with van der Waals surface area (Å²) in [6.45, 7) is 3.57. The molecule has 34 heavy (non-hydrogen) atoms. The molecule has 2 aliphatic rings. The summed E-state index contributed by atoms with van der Waals surface area (Å²) in [5, 5.41) is 6.86. The van der Waals surface area contributed by atoms with E-state index in [0.717, 1.165) is 28.3 Å². The number of piperidine rings is 1. The first-order valence-corrected chi connectivity index (χ1v) is 13.3. The highest BCUT2D eigenvalue weighted by molar-refractivity contribution is 7.92. The molecular weight excluding hydrogens is 468 g/mol. The van der Waals surface area contributed by atoms with E-state index in [1.807, 2.05) is 30.3 Å². The Hall–Kier alpha value is -1.88. The molecule has 3 heterocycles. The summed E-state index contributed by atoms with van der Waals surface area (Å²) in [6, 6.07) is 15.7. The molecule has 2 atom stereocenters. The van der Waals surface area contributed by atoms with Crippen molar-refractivity contribution in [3.05, 3.63) is 48.0 Å². The average Bonchev–Trinajstić information content (AvgIpc) is 3.34. The highest BCUT2D eigenvalue weighted by Gasteiger charge is 2.42. The summed E-state index contributed by atoms with van der Waals surface area (Å²) in [6.07, 6.45) is 4.86. The molecule has 1 aromatic heterocycles. The van der Waals surface area contributed by atoms with Gasteiger partial charge in [-0.2, -0.15) is 4.41 Å². The molecule has 0 radical (unpaired) electrons. The minimum Gasteiger partial charge on any atom is -0.492 e. The number of hydrazine groups is 1. The molecule has 3 aromatic rings. The number of rotatable bonds is 10. The standard InChI is InChI=1S/C25H32N4O3S2/c1-17-4-11-23-24(14-17)33-25(27-23)32-22-9-7-21(8-10-22)31-13-12-26-18-15-19-5-6-20(16-18)29(19)28(2)34-30-3/h4,7-11,14,18-20,26H,5-6,12-13,15-16H2,1-3H3. The van der Waals surface area contributed by atoms with Crippen molar-refractivity contribution in [2.45, 2.75) is 50.7 Å². The number of nitrogens with zero attached hydrogens (tertiary/aromatic N) is 3. The Morgan fingerprint density at radius 2 is 1.85 bits per heavy atom. The number of ether oxygens (including phenoxy) is 2. The van der Waals surface area contributed by atoms with Gasteiger partial charge in [0, 0.05) is 31.7 Å². The minimum atomic E-state index is 0.548. The third-order valence-corrected chi connectivity index (χ3v) is 8.01. The van der Waals surface area contributed by atoms with Gasteiger partial charge in [-0.05, 0) is 74.6 Å². The van der Waals surface area contributed by atoms with Gasteiger partial charge in [0.05, 0.1) is 29.6 Å². The fourth-order valence-corrected chi connectivity index (χ4v) is 6.61. The van der Waals surface area contributed by atoms with Crippen LogP contribution in [0.4, 0.5) is 0 Å². The van der Waals surface area contributed by atoms with E-state index in [0.29, 0.717) is 29.9 Å². The van der Waals surface area contributed by atoms with Gasteiger partial charge in [0.15, 0.2) is 0 Å². The SMILES string of the molecule is COSN(C)N1C2CCC1CC(NCCOc1ccc(Oc3nc4ccc(C)cc4s3)cc1)C2. The molecule has 0 aliphatic carbocycles. The molecule has 2 fully saturated rings. The minimum absolute atomic E-state index is 0.548. The predicted molar refractivity (Wildman–Crippen MR) is 138 cm³/mol. The number of nitrogens with one attached hydrogen (secondary N) is 1. The van der Waals surface area contributed by atoms with Gasteiger partial charge < -0.3 is 19.0 Å². The second-order valence-corrected chi connectivity index (χ2v) is 11.0. The highest BCUT2D eigenvalue weighted by Crippen LogP contribution is 2.38. The quantitative estimate of drug-likeness (QED) is 0.225. The van der Waals surface area contributed by atoms with Crippen LogP contribution in [0.15, 0.2) is 42.5 Å². The van der Waals surface area contributed by atoms with Crippen LogP contribution >= 0.6 is 23.6 Å². The van der Waals surface area contributed by atoms with E-state index in [1.165, 1.54) is 43.5 Å². The number of aromatic nitrogens is 1. The molecule has 1 N–H and O–H groups in total. The molecular formula is C25H32N4O3S2. The van der Waals surface area contributed by atoms with E-state index >= 15 is 0 Å². The Morgan fingerprint density at radius 3 is 2.59 bits per heavy atom. The van der Waals surface area contributed by atoms with E-state index < -0.39 is 0 Å². The van der Waals surface area contributed by atoms with E-state index in [2.05, 4.69) is 45.8 Å². The van der Waals surface area contributed by atoms with Crippen molar-refractivity contribution < 1.29 is 13.7 Å². The Kier molecular flexibility index (Phi) is 7.58. The molecule has 7 nitrogen and oxygen atoms in total. The van der Waals surface area contributed by atoms with Crippen molar-refractivity contribution in [3.8, 4) is 16.7 Å². The number of aryl methyl sites for hydroxylation is 1. The largest absolute Gasteiger partial charge is 0.492 e. The van der Waals surface area contributed by atoms with Crippen LogP contribution in [0.25, 0.3) is 10.2 Å². The van der Waals surface area contributed by atoms with Crippen LogP contribution in [0, 0.1) is 6.92 Å². The lowest BCUT2D eigenvalue weighted by atomic mass is 9.99. The van der Waals surface area contributed by atoms with Crippen LogP contribution in [0.1, 0.15) is 31.2 Å². The molecule has 0 amide bonds. The number of hydrogen-bond acceptors (Lipinski definition) is 9. The van der Waals surface area contributed by atoms with Crippen LogP contribution in [0.3, 0.4) is 0 Å². The normalized spacial score (nSPS) is 22.5. The van der Waals surface area contributed by atoms with Crippen molar-refractivity contribution in [2.75, 3.05) is 27.3 Å². The summed E-state index contributed by atoms with van der Waals surface area (Å²) >= 11 is 2.98. The predicted octanol–water partition coefficient (Wildman–Crippen LogP) is 5.42. The second-order valence-electron chi connectivity index (χ2n) is 8.97. The smallest absolute Gasteiger partial charge is 0.279 e. The van der Waals surface area contributed by atoms with Crippen LogP contribution in [0.5, 0.6) is 16.7 Å². The van der Waals surface area contributed by atoms with Gasteiger partial charge in [0.1, 0.15) is 18.1 Å². The molecule has 9 heteroatoms. The molecule has 182 valence electrons. The topological polar surface area (TPSA) is 59.1 Å². The molecule has 0 spiro atoms. The average molecular weight is 501 g/mol. The molecule has 2 aliphatic heterocycles. The fourth-order valence-electron chi connectivity index (χ4n) is 5.12. The number of benzene rings is 2. The zero-order valence-corrected chi connectivity index (χ0v) is 21.5. The summed E-state index contributed by atoms with van der Waals surface area (Å²) in [5.41, 5.74) is 2.20. The van der Waals surface area contributed by atoms with Gasteiger partial charge in [0.25, 0.3) is 5.19 Å². The molecule has 5 rings (SSSR count). The van der Waals surface area contributed by atoms with Crippen LogP contribution in [0.2, 0.25) is 0 Å². The number of hydrogen-bond donors (Lipinski definition) is 1. The van der Waals surface area contributed by atoms with E-state index in [4.69, 9.17) is 13.7 Å². The first-order valence-electron chi connectivity index (χ1n) is 11.8. The Morgan fingerprint density at radius 1 is 1.12 bits per heavy atom. The molecule has 2 bridgehead atoms. The zero-order chi connectivity index (χ0) is 23.5. The molecule has 2 unspecified atom stereocenters. The Balaban J connectivity index is 1.05. The Bertz CT molecular complexity index is 1080. The van der Waals surface area contributed by atoms with Crippen LogP contribution in [-0.2, 0) is 4.18 Å². The molecule has 2 aromatic carbocycles. The van der Waals surface area contributed by atoms with Gasteiger partial charge >= 0.3 is 0 Å². The van der Waals surface area contributed by atoms with Gasteiger partial charge in [-0.15, -0.1) is 0 Å². The second kappa shape index (κ2) is 10.8. The number of fused-ring (bicyclic) bond motifs is 3. The lowest BCUT2D eigenvalue weighted by molar-refractivity contribution is -0.00875. The highest BCUT2D eigenvalue weighted by atomic mass is 32.2. The van der Waals surface area contributed by atoms with Crippen molar-refractivity contribution in [3.63, 3.8) is 0 Å². The van der Waals surface area contributed by atoms with Gasteiger partial charge in [-0.1, -0.05) is 17.4 Å². The third kappa shape index (κ3) is 5.50. The molecule has 2 saturated heterocycles. The monoisotopic (exact) mass is 500 g/mol. The maximum absolute atomic E-state index is 5.95. The van der Waals surface area contributed by atoms with Crippen molar-refractivity contribution in [1.82, 2.24) is 19.7 Å². The molecule has 0 saturated carbocycles. The summed E-state index contributed by atoms with van der Waals surface area (Å²) in [7, 11) is 3.82. The van der Waals surface area contributed by atoms with E-state index in [9.17, 15) is 0 Å². The first-order chi connectivity index (χ1) is 16.6. The summed E-state index contributed by atoms with van der Waals surface area (Å²) in [5.74, 6) is 1.61. The number of thiazole rings is 1. The maximum atomic E-state index is 5.95. The van der Waals surface area contributed by atoms with E-state index in [1.54, 1.807) is 18.4 Å². The summed E-state index contributed by atoms with van der Waals surface area (Å²) < 4.78 is 20.4. The zero-order valence-electron chi connectivity index (χ0n) is 19.9. The van der Waals surface area contributed by atoms with Gasteiger partial charge in [-0.3, -0.25) is 0 Å². The fraction of sp³-hybridized carbons (Fsp3) is 0.480. The van der Waals surface area contributed by atoms with Gasteiger partial charge in [-0.25, -0.2) is 9.99 Å². The third-order valence-electron chi connectivity index (χ3n) is 6.56. The van der Waals surface area contributed by atoms with Gasteiger partial charge in [0.2, 0.25) is 0 Å². The van der Waals surface area contributed by atoms with Crippen molar-refractivity contribution >= 4 is 33.8 Å². The van der Waals surface area contributed by atoms with Crippen LogP contribution in [-0.4, -0.2) is 59.8 Å². The van der Waals surface area contributed by atoms with E-state index in [-0.39, 0.29) is 0 Å². The Labute approximate surface area is 209 Å². The lowest BCUT2D eigenvalue weighted by Gasteiger charge is -2.42. The first kappa shape index (κ1) is 23.8. The van der Waals surface area contributed by atoms with Crippen molar-refractivity contribution in [2.24, 2.45) is 0 Å². The van der Waals surface area contributed by atoms with Crippen LogP contribution < -0.4 is 14.8 Å².